The molecule has 1 atom stereocenters. The minimum absolute atomic E-state index is 0.150. The predicted molar refractivity (Wildman–Crippen MR) is 106 cm³/mol. The third-order valence-corrected chi connectivity index (χ3v) is 5.09. The lowest BCUT2D eigenvalue weighted by Crippen LogP contribution is -2.36. The zero-order valence-electron chi connectivity index (χ0n) is 15.8. The van der Waals surface area contributed by atoms with Crippen molar-refractivity contribution in [2.24, 2.45) is 0 Å². The van der Waals surface area contributed by atoms with Gasteiger partial charge in [-0.2, -0.15) is 15.5 Å². The molecule has 1 amide bonds. The smallest absolute Gasteiger partial charge is 0.269 e. The lowest BCUT2D eigenvalue weighted by Gasteiger charge is -2.15. The highest BCUT2D eigenvalue weighted by Gasteiger charge is 2.23. The highest BCUT2D eigenvalue weighted by Crippen LogP contribution is 2.24. The number of benzene rings is 1. The summed E-state index contributed by atoms with van der Waals surface area (Å²) in [4.78, 5) is 12.6. The number of hydrogen-bond acceptors (Lipinski definition) is 5. The van der Waals surface area contributed by atoms with Crippen LogP contribution in [0.1, 0.15) is 34.2 Å². The van der Waals surface area contributed by atoms with Gasteiger partial charge in [-0.15, -0.1) is 0 Å². The highest BCUT2D eigenvalue weighted by atomic mass is 35.5. The van der Waals surface area contributed by atoms with E-state index in [4.69, 9.17) is 21.6 Å². The maximum absolute atomic E-state index is 12.6. The van der Waals surface area contributed by atoms with Gasteiger partial charge >= 0.3 is 0 Å². The quantitative estimate of drug-likeness (QED) is 0.672. The number of carbonyl (C=O) groups is 1. The Kier molecular flexibility index (Phi) is 5.34. The molecule has 1 aliphatic heterocycles. The van der Waals surface area contributed by atoms with E-state index >= 15 is 0 Å². The fourth-order valence-corrected chi connectivity index (χ4v) is 3.52. The Labute approximate surface area is 172 Å². The number of rotatable bonds is 5. The summed E-state index contributed by atoms with van der Waals surface area (Å²) >= 11 is 6.11. The summed E-state index contributed by atoms with van der Waals surface area (Å²) in [6, 6.07) is 8.97. The van der Waals surface area contributed by atoms with E-state index < -0.39 is 0 Å². The largest absolute Gasteiger partial charge is 0.376 e. The molecule has 0 spiro atoms. The monoisotopic (exact) mass is 410 g/mol. The van der Waals surface area contributed by atoms with E-state index in [1.54, 1.807) is 16.8 Å². The number of halogens is 1. The fourth-order valence-electron chi connectivity index (χ4n) is 3.30. The number of amides is 1. The van der Waals surface area contributed by atoms with E-state index in [1.807, 2.05) is 31.3 Å². The predicted octanol–water partition coefficient (Wildman–Crippen LogP) is 2.69. The first-order valence-electron chi connectivity index (χ1n) is 9.23. The number of hydrogen-bond donors (Lipinski definition) is 2. The molecule has 1 unspecified atom stereocenters. The van der Waals surface area contributed by atoms with Gasteiger partial charge in [0, 0.05) is 29.8 Å². The number of aromatic amines is 1. The molecular weight excluding hydrogens is 392 g/mol. The third-order valence-electron chi connectivity index (χ3n) is 4.77. The van der Waals surface area contributed by atoms with E-state index in [2.05, 4.69) is 20.6 Å². The maximum atomic E-state index is 12.6. The summed E-state index contributed by atoms with van der Waals surface area (Å²) in [5.41, 5.74) is 4.19. The van der Waals surface area contributed by atoms with Gasteiger partial charge in [0.2, 0.25) is 0 Å². The minimum Gasteiger partial charge on any atom is -0.376 e. The molecule has 148 valence electrons. The number of carbonyl (C=O) groups excluding carboxylic acids is 1. The summed E-state index contributed by atoms with van der Waals surface area (Å²) in [7, 11) is 0. The Hall–Kier alpha value is -3.15. The molecule has 29 heavy (non-hydrogen) atoms. The second-order valence-corrected chi connectivity index (χ2v) is 7.34. The molecule has 3 heterocycles. The van der Waals surface area contributed by atoms with Crippen LogP contribution in [0.4, 0.5) is 0 Å². The summed E-state index contributed by atoms with van der Waals surface area (Å²) in [5.74, 6) is -0.206. The van der Waals surface area contributed by atoms with Gasteiger partial charge in [0.05, 0.1) is 41.7 Å². The Bertz CT molecular complexity index is 1100. The van der Waals surface area contributed by atoms with Crippen molar-refractivity contribution in [1.29, 1.82) is 5.26 Å². The molecule has 8 nitrogen and oxygen atoms in total. The van der Waals surface area contributed by atoms with Crippen LogP contribution in [0.25, 0.3) is 11.3 Å². The topological polar surface area (TPSA) is 109 Å². The summed E-state index contributed by atoms with van der Waals surface area (Å²) in [5, 5.41) is 23.9. The van der Waals surface area contributed by atoms with Crippen molar-refractivity contribution in [2.45, 2.75) is 32.5 Å². The fraction of sp³-hybridized carbons (Fsp3) is 0.300. The van der Waals surface area contributed by atoms with Crippen LogP contribution in [0, 0.1) is 11.3 Å². The Morgan fingerprint density at radius 3 is 3.14 bits per heavy atom. The molecule has 0 fully saturated rings. The van der Waals surface area contributed by atoms with Gasteiger partial charge in [0.1, 0.15) is 11.8 Å². The second-order valence-electron chi connectivity index (χ2n) is 6.93. The van der Waals surface area contributed by atoms with E-state index in [-0.39, 0.29) is 11.9 Å². The number of nitrogens with one attached hydrogen (secondary N) is 2. The zero-order chi connectivity index (χ0) is 20.4. The van der Waals surface area contributed by atoms with Crippen LogP contribution >= 0.6 is 11.6 Å². The average molecular weight is 411 g/mol. The Morgan fingerprint density at radius 1 is 1.48 bits per heavy atom. The number of aromatic nitrogens is 4. The average Bonchev–Trinajstić information content (AvgIpc) is 3.34. The van der Waals surface area contributed by atoms with Crippen LogP contribution in [0.5, 0.6) is 0 Å². The highest BCUT2D eigenvalue weighted by molar-refractivity contribution is 6.32. The van der Waals surface area contributed by atoms with E-state index in [0.717, 1.165) is 22.5 Å². The zero-order valence-corrected chi connectivity index (χ0v) is 16.5. The lowest BCUT2D eigenvalue weighted by molar-refractivity contribution is 0.0909. The molecule has 3 aromatic rings. The molecule has 1 aromatic carbocycles. The number of ether oxygens (including phenoxy) is 1. The van der Waals surface area contributed by atoms with Gasteiger partial charge in [-0.1, -0.05) is 17.7 Å². The van der Waals surface area contributed by atoms with Gasteiger partial charge in [-0.25, -0.2) is 0 Å². The van der Waals surface area contributed by atoms with Crippen molar-refractivity contribution in [2.75, 3.05) is 6.61 Å². The molecule has 1 aliphatic rings. The van der Waals surface area contributed by atoms with Crippen molar-refractivity contribution in [3.8, 4) is 17.3 Å². The standard InChI is InChI=1S/C20H19ClN6O2/c1-12(23-20(28)19-15-11-29-7-5-18(15)24-25-19)10-27-6-4-17(26-27)13-2-3-14(9-22)16(21)8-13/h2-4,6,8,12H,5,7,10-11H2,1H3,(H,23,28)(H,24,25). The van der Waals surface area contributed by atoms with Crippen LogP contribution < -0.4 is 5.32 Å². The van der Waals surface area contributed by atoms with Crippen LogP contribution in [0.2, 0.25) is 5.02 Å². The van der Waals surface area contributed by atoms with E-state index in [9.17, 15) is 4.79 Å². The summed E-state index contributed by atoms with van der Waals surface area (Å²) in [6.45, 7) is 3.44. The molecule has 0 saturated heterocycles. The number of H-pyrrole nitrogens is 1. The molecule has 0 radical (unpaired) electrons. The van der Waals surface area contributed by atoms with Crippen molar-refractivity contribution in [3.63, 3.8) is 0 Å². The molecule has 0 saturated carbocycles. The van der Waals surface area contributed by atoms with Gasteiger partial charge in [-0.3, -0.25) is 14.6 Å². The van der Waals surface area contributed by atoms with Crippen molar-refractivity contribution >= 4 is 17.5 Å². The van der Waals surface area contributed by atoms with Gasteiger partial charge < -0.3 is 10.1 Å². The third kappa shape index (κ3) is 4.01. The van der Waals surface area contributed by atoms with Gasteiger partial charge in [-0.05, 0) is 25.1 Å². The maximum Gasteiger partial charge on any atom is 0.269 e. The first-order valence-corrected chi connectivity index (χ1v) is 9.61. The second kappa shape index (κ2) is 8.07. The SMILES string of the molecule is CC(Cn1ccc(-c2ccc(C#N)c(Cl)c2)n1)NC(=O)c1[nH]nc2c1COCC2. The number of fused-ring (bicyclic) bond motifs is 1. The lowest BCUT2D eigenvalue weighted by atomic mass is 10.1. The van der Waals surface area contributed by atoms with Crippen molar-refractivity contribution in [1.82, 2.24) is 25.3 Å². The molecule has 0 bridgehead atoms. The number of nitriles is 1. The normalized spacial score (nSPS) is 14.1. The molecule has 2 aromatic heterocycles. The van der Waals surface area contributed by atoms with Crippen LogP contribution in [0.15, 0.2) is 30.5 Å². The minimum atomic E-state index is -0.206. The first kappa shape index (κ1) is 19.2. The van der Waals surface area contributed by atoms with Crippen LogP contribution in [0.3, 0.4) is 0 Å². The van der Waals surface area contributed by atoms with Gasteiger partial charge in [0.25, 0.3) is 5.91 Å². The van der Waals surface area contributed by atoms with Crippen LogP contribution in [-0.4, -0.2) is 38.5 Å². The first-order chi connectivity index (χ1) is 14.0. The Balaban J connectivity index is 1.41. The molecule has 0 aliphatic carbocycles. The molecule has 9 heteroatoms. The van der Waals surface area contributed by atoms with Crippen molar-refractivity contribution in [3.05, 3.63) is 58.0 Å². The summed E-state index contributed by atoms with van der Waals surface area (Å²) in [6.07, 6.45) is 2.56. The molecule has 2 N–H and O–H groups in total. The summed E-state index contributed by atoms with van der Waals surface area (Å²) < 4.78 is 7.19. The van der Waals surface area contributed by atoms with Crippen molar-refractivity contribution < 1.29 is 9.53 Å². The number of nitrogens with zero attached hydrogens (tertiary/aromatic N) is 4. The van der Waals surface area contributed by atoms with Crippen LogP contribution in [-0.2, 0) is 24.3 Å². The molecular formula is C20H19ClN6O2. The van der Waals surface area contributed by atoms with E-state index in [0.29, 0.717) is 42.5 Å². The van der Waals surface area contributed by atoms with E-state index in [1.165, 1.54) is 0 Å². The molecule has 4 rings (SSSR count). The van der Waals surface area contributed by atoms with Gasteiger partial charge in [0.15, 0.2) is 0 Å². The Morgan fingerprint density at radius 2 is 2.34 bits per heavy atom.